The minimum Gasteiger partial charge on any atom is -0.385 e. The number of carbonyl (C=O) groups is 1. The summed E-state index contributed by atoms with van der Waals surface area (Å²) >= 11 is 0. The summed E-state index contributed by atoms with van der Waals surface area (Å²) in [6.07, 6.45) is 2.43. The van der Waals surface area contributed by atoms with E-state index in [2.05, 4.69) is 15.6 Å². The summed E-state index contributed by atoms with van der Waals surface area (Å²) in [5.41, 5.74) is 2.31. The van der Waals surface area contributed by atoms with Crippen molar-refractivity contribution in [2.45, 2.75) is 27.2 Å². The second-order valence-electron chi connectivity index (χ2n) is 4.21. The summed E-state index contributed by atoms with van der Waals surface area (Å²) in [4.78, 5) is 16.2. The highest BCUT2D eigenvalue weighted by Crippen LogP contribution is 2.15. The molecule has 0 spiro atoms. The van der Waals surface area contributed by atoms with Crippen LogP contribution in [0.15, 0.2) is 12.3 Å². The molecule has 0 fully saturated rings. The molecule has 2 N–H and O–H groups in total. The number of pyridine rings is 1. The van der Waals surface area contributed by atoms with E-state index in [1.165, 1.54) is 0 Å². The minimum atomic E-state index is -0.0973. The van der Waals surface area contributed by atoms with E-state index in [1.807, 2.05) is 26.8 Å². The van der Waals surface area contributed by atoms with Gasteiger partial charge in [0.15, 0.2) is 0 Å². The van der Waals surface area contributed by atoms with Crippen LogP contribution in [0.2, 0.25) is 0 Å². The van der Waals surface area contributed by atoms with Gasteiger partial charge in [-0.2, -0.15) is 0 Å². The van der Waals surface area contributed by atoms with E-state index in [9.17, 15) is 4.79 Å². The van der Waals surface area contributed by atoms with Crippen molar-refractivity contribution in [3.63, 3.8) is 0 Å². The second-order valence-corrected chi connectivity index (χ2v) is 4.21. The van der Waals surface area contributed by atoms with Gasteiger partial charge in [0.05, 0.1) is 11.3 Å². The van der Waals surface area contributed by atoms with Crippen LogP contribution in [0, 0.1) is 6.92 Å². The molecule has 1 heterocycles. The van der Waals surface area contributed by atoms with Gasteiger partial charge in [-0.1, -0.05) is 0 Å². The van der Waals surface area contributed by atoms with Gasteiger partial charge >= 0.3 is 0 Å². The number of nitrogens with zero attached hydrogens (tertiary/aromatic N) is 1. The lowest BCUT2D eigenvalue weighted by Gasteiger charge is -2.11. The molecule has 19 heavy (non-hydrogen) atoms. The van der Waals surface area contributed by atoms with Crippen LogP contribution in [0.3, 0.4) is 0 Å². The second kappa shape index (κ2) is 8.48. The molecular formula is C14H23N3O2. The van der Waals surface area contributed by atoms with Crippen LogP contribution in [0.4, 0.5) is 5.69 Å². The number of ether oxygens (including phenoxy) is 1. The first kappa shape index (κ1) is 15.4. The first-order valence-electron chi connectivity index (χ1n) is 6.75. The van der Waals surface area contributed by atoms with Crippen molar-refractivity contribution in [2.24, 2.45) is 0 Å². The number of aromatic nitrogens is 1. The van der Waals surface area contributed by atoms with E-state index in [-0.39, 0.29) is 5.91 Å². The van der Waals surface area contributed by atoms with Gasteiger partial charge in [0.25, 0.3) is 5.91 Å². The molecule has 1 aromatic heterocycles. The standard InChI is InChI=1S/C14H23N3O2/c1-4-15-13-9-11(3)17-10-12(13)14(18)16-7-6-8-19-5-2/h9-10H,4-8H2,1-3H3,(H,15,17)(H,16,18). The Morgan fingerprint density at radius 1 is 1.42 bits per heavy atom. The normalized spacial score (nSPS) is 10.3. The fourth-order valence-corrected chi connectivity index (χ4v) is 1.69. The lowest BCUT2D eigenvalue weighted by molar-refractivity contribution is 0.0944. The van der Waals surface area contributed by atoms with E-state index in [0.29, 0.717) is 25.3 Å². The molecule has 5 heteroatoms. The largest absolute Gasteiger partial charge is 0.385 e. The van der Waals surface area contributed by atoms with Gasteiger partial charge in [0.1, 0.15) is 0 Å². The molecular weight excluding hydrogens is 242 g/mol. The average Bonchev–Trinajstić information content (AvgIpc) is 2.39. The number of rotatable bonds is 8. The van der Waals surface area contributed by atoms with Crippen LogP contribution < -0.4 is 10.6 Å². The number of amides is 1. The van der Waals surface area contributed by atoms with Crippen molar-refractivity contribution in [3.8, 4) is 0 Å². The third-order valence-electron chi connectivity index (χ3n) is 2.61. The fourth-order valence-electron chi connectivity index (χ4n) is 1.69. The summed E-state index contributed by atoms with van der Waals surface area (Å²) in [7, 11) is 0. The molecule has 1 amide bonds. The summed E-state index contributed by atoms with van der Waals surface area (Å²) in [5.74, 6) is -0.0973. The quantitative estimate of drug-likeness (QED) is 0.705. The SMILES string of the molecule is CCNc1cc(C)ncc1C(=O)NCCCOCC. The van der Waals surface area contributed by atoms with Gasteiger partial charge in [-0.25, -0.2) is 0 Å². The van der Waals surface area contributed by atoms with Gasteiger partial charge in [0, 0.05) is 38.2 Å². The molecule has 0 bridgehead atoms. The van der Waals surface area contributed by atoms with Crippen molar-refractivity contribution in [1.29, 1.82) is 0 Å². The highest BCUT2D eigenvalue weighted by Gasteiger charge is 2.11. The van der Waals surface area contributed by atoms with Crippen LogP contribution in [-0.4, -0.2) is 37.2 Å². The Morgan fingerprint density at radius 3 is 2.89 bits per heavy atom. The first-order chi connectivity index (χ1) is 9.19. The van der Waals surface area contributed by atoms with E-state index in [0.717, 1.165) is 24.3 Å². The molecule has 0 atom stereocenters. The Morgan fingerprint density at radius 2 is 2.21 bits per heavy atom. The molecule has 5 nitrogen and oxygen atoms in total. The minimum absolute atomic E-state index is 0.0973. The van der Waals surface area contributed by atoms with Crippen molar-refractivity contribution < 1.29 is 9.53 Å². The molecule has 0 saturated carbocycles. The predicted molar refractivity (Wildman–Crippen MR) is 76.6 cm³/mol. The predicted octanol–water partition coefficient (Wildman–Crippen LogP) is 1.98. The number of anilines is 1. The summed E-state index contributed by atoms with van der Waals surface area (Å²) in [6, 6.07) is 1.89. The monoisotopic (exact) mass is 265 g/mol. The Labute approximate surface area is 114 Å². The van der Waals surface area contributed by atoms with Gasteiger partial charge in [-0.3, -0.25) is 9.78 Å². The highest BCUT2D eigenvalue weighted by atomic mass is 16.5. The zero-order chi connectivity index (χ0) is 14.1. The third kappa shape index (κ3) is 5.26. The molecule has 0 radical (unpaired) electrons. The Hall–Kier alpha value is -1.62. The molecule has 0 aliphatic rings. The maximum absolute atomic E-state index is 12.1. The van der Waals surface area contributed by atoms with E-state index in [4.69, 9.17) is 4.74 Å². The van der Waals surface area contributed by atoms with Crippen molar-refractivity contribution >= 4 is 11.6 Å². The third-order valence-corrected chi connectivity index (χ3v) is 2.61. The molecule has 0 aromatic carbocycles. The molecule has 1 rings (SSSR count). The summed E-state index contributed by atoms with van der Waals surface area (Å²) in [5, 5.41) is 6.06. The zero-order valence-corrected chi connectivity index (χ0v) is 12.0. The first-order valence-corrected chi connectivity index (χ1v) is 6.75. The smallest absolute Gasteiger partial charge is 0.254 e. The van der Waals surface area contributed by atoms with Crippen molar-refractivity contribution in [3.05, 3.63) is 23.5 Å². The van der Waals surface area contributed by atoms with E-state index < -0.39 is 0 Å². The van der Waals surface area contributed by atoms with Crippen LogP contribution in [0.1, 0.15) is 36.3 Å². The van der Waals surface area contributed by atoms with Crippen LogP contribution in [0.5, 0.6) is 0 Å². The summed E-state index contributed by atoms with van der Waals surface area (Å²) < 4.78 is 5.22. The van der Waals surface area contributed by atoms with Crippen LogP contribution in [0.25, 0.3) is 0 Å². The van der Waals surface area contributed by atoms with Gasteiger partial charge in [0.2, 0.25) is 0 Å². The summed E-state index contributed by atoms with van der Waals surface area (Å²) in [6.45, 7) is 8.62. The Bertz CT molecular complexity index is 408. The fraction of sp³-hybridized carbons (Fsp3) is 0.571. The molecule has 0 aliphatic carbocycles. The number of aryl methyl sites for hydroxylation is 1. The topological polar surface area (TPSA) is 63.2 Å². The van der Waals surface area contributed by atoms with Crippen LogP contribution in [-0.2, 0) is 4.74 Å². The molecule has 0 unspecified atom stereocenters. The van der Waals surface area contributed by atoms with Gasteiger partial charge < -0.3 is 15.4 Å². The Balaban J connectivity index is 2.55. The van der Waals surface area contributed by atoms with E-state index in [1.54, 1.807) is 6.20 Å². The zero-order valence-electron chi connectivity index (χ0n) is 12.0. The molecule has 106 valence electrons. The molecule has 0 saturated heterocycles. The molecule has 0 aliphatic heterocycles. The maximum atomic E-state index is 12.1. The maximum Gasteiger partial charge on any atom is 0.254 e. The van der Waals surface area contributed by atoms with Gasteiger partial charge in [-0.15, -0.1) is 0 Å². The number of hydrogen-bond donors (Lipinski definition) is 2. The van der Waals surface area contributed by atoms with E-state index >= 15 is 0 Å². The lowest BCUT2D eigenvalue weighted by atomic mass is 10.2. The van der Waals surface area contributed by atoms with Crippen molar-refractivity contribution in [1.82, 2.24) is 10.3 Å². The number of hydrogen-bond acceptors (Lipinski definition) is 4. The Kier molecular flexibility index (Phi) is 6.89. The number of nitrogens with one attached hydrogen (secondary N) is 2. The lowest BCUT2D eigenvalue weighted by Crippen LogP contribution is -2.26. The number of carbonyl (C=O) groups excluding carboxylic acids is 1. The van der Waals surface area contributed by atoms with Crippen LogP contribution >= 0.6 is 0 Å². The average molecular weight is 265 g/mol. The highest BCUT2D eigenvalue weighted by molar-refractivity contribution is 5.99. The molecule has 1 aromatic rings. The van der Waals surface area contributed by atoms with Gasteiger partial charge in [-0.05, 0) is 33.3 Å². The van der Waals surface area contributed by atoms with Crippen molar-refractivity contribution in [2.75, 3.05) is 31.6 Å².